The van der Waals surface area contributed by atoms with E-state index in [1.165, 1.54) is 6.07 Å². The van der Waals surface area contributed by atoms with E-state index in [1.807, 2.05) is 17.5 Å². The van der Waals surface area contributed by atoms with Gasteiger partial charge in [0.15, 0.2) is 0 Å². The Morgan fingerprint density at radius 2 is 2.09 bits per heavy atom. The highest BCUT2D eigenvalue weighted by Gasteiger charge is 2.15. The maximum atomic E-state index is 10.9. The first-order chi connectivity index (χ1) is 11.0. The van der Waals surface area contributed by atoms with Crippen molar-refractivity contribution in [3.8, 4) is 5.75 Å². The summed E-state index contributed by atoms with van der Waals surface area (Å²) in [5.41, 5.74) is 1.25. The molecule has 1 heterocycles. The average Bonchev–Trinajstić information content (AvgIpc) is 3.00. The van der Waals surface area contributed by atoms with Crippen molar-refractivity contribution in [1.82, 2.24) is 0 Å². The topological polar surface area (TPSA) is 81.8 Å². The molecule has 0 aliphatic carbocycles. The van der Waals surface area contributed by atoms with E-state index in [1.54, 1.807) is 31.3 Å². The third-order valence-electron chi connectivity index (χ3n) is 3.26. The molecule has 6 nitrogen and oxygen atoms in total. The van der Waals surface area contributed by atoms with Gasteiger partial charge in [-0.2, -0.15) is 0 Å². The zero-order chi connectivity index (χ0) is 16.8. The third kappa shape index (κ3) is 5.02. The number of hydrogen-bond acceptors (Lipinski definition) is 6. The molecule has 1 atom stereocenters. The number of nitro groups is 1. The van der Waals surface area contributed by atoms with Gasteiger partial charge >= 0.3 is 0 Å². The highest BCUT2D eigenvalue weighted by Crippen LogP contribution is 2.27. The van der Waals surface area contributed by atoms with Crippen molar-refractivity contribution in [2.75, 3.05) is 13.2 Å². The van der Waals surface area contributed by atoms with Gasteiger partial charge in [-0.15, -0.1) is 11.3 Å². The summed E-state index contributed by atoms with van der Waals surface area (Å²) in [6.45, 7) is 4.10. The molecule has 0 bridgehead atoms. The highest BCUT2D eigenvalue weighted by molar-refractivity contribution is 7.09. The standard InChI is InChI=1S/C16H19NO5S/c1-11-7-16(12(2)6-15(11)17(19)20)22-9-13(18)8-21-10-14-4-3-5-23-14/h3-7,13,18H,8-10H2,1-2H3. The van der Waals surface area contributed by atoms with E-state index in [0.717, 1.165) is 4.88 Å². The molecule has 1 aromatic carbocycles. The fraction of sp³-hybridized carbons (Fsp3) is 0.375. The first-order valence-electron chi connectivity index (χ1n) is 7.14. The second-order valence-corrected chi connectivity index (χ2v) is 6.25. The number of nitrogens with zero attached hydrogens (tertiary/aromatic N) is 1. The Morgan fingerprint density at radius 3 is 2.74 bits per heavy atom. The Kier molecular flexibility index (Phi) is 6.09. The molecule has 2 rings (SSSR count). The summed E-state index contributed by atoms with van der Waals surface area (Å²) < 4.78 is 11.0. The Labute approximate surface area is 138 Å². The molecule has 1 N–H and O–H groups in total. The molecule has 23 heavy (non-hydrogen) atoms. The van der Waals surface area contributed by atoms with Crippen LogP contribution in [0.25, 0.3) is 0 Å². The fourth-order valence-corrected chi connectivity index (χ4v) is 2.69. The van der Waals surface area contributed by atoms with Crippen molar-refractivity contribution < 1.29 is 19.5 Å². The first-order valence-corrected chi connectivity index (χ1v) is 8.02. The maximum Gasteiger partial charge on any atom is 0.272 e. The summed E-state index contributed by atoms with van der Waals surface area (Å²) >= 11 is 1.60. The van der Waals surface area contributed by atoms with Crippen LogP contribution in [0.1, 0.15) is 16.0 Å². The summed E-state index contributed by atoms with van der Waals surface area (Å²) in [6, 6.07) is 7.01. The predicted molar refractivity (Wildman–Crippen MR) is 88.0 cm³/mol. The van der Waals surface area contributed by atoms with E-state index in [2.05, 4.69) is 0 Å². The van der Waals surface area contributed by atoms with E-state index in [0.29, 0.717) is 23.5 Å². The molecule has 124 valence electrons. The highest BCUT2D eigenvalue weighted by atomic mass is 32.1. The Hall–Kier alpha value is -1.96. The zero-order valence-corrected chi connectivity index (χ0v) is 13.8. The molecule has 0 fully saturated rings. The largest absolute Gasteiger partial charge is 0.491 e. The lowest BCUT2D eigenvalue weighted by molar-refractivity contribution is -0.385. The molecule has 0 aliphatic heterocycles. The number of ether oxygens (including phenoxy) is 2. The lowest BCUT2D eigenvalue weighted by atomic mass is 10.1. The molecular formula is C16H19NO5S. The summed E-state index contributed by atoms with van der Waals surface area (Å²) in [4.78, 5) is 11.6. The molecule has 1 aromatic heterocycles. The molecule has 0 radical (unpaired) electrons. The van der Waals surface area contributed by atoms with Crippen molar-refractivity contribution >= 4 is 17.0 Å². The molecular weight excluding hydrogens is 318 g/mol. The van der Waals surface area contributed by atoms with E-state index in [9.17, 15) is 15.2 Å². The van der Waals surface area contributed by atoms with Crippen LogP contribution in [-0.4, -0.2) is 29.3 Å². The molecule has 1 unspecified atom stereocenters. The zero-order valence-electron chi connectivity index (χ0n) is 13.0. The fourth-order valence-electron chi connectivity index (χ4n) is 2.05. The lowest BCUT2D eigenvalue weighted by Gasteiger charge is -2.14. The number of rotatable bonds is 8. The van der Waals surface area contributed by atoms with Crippen LogP contribution in [0.5, 0.6) is 5.75 Å². The number of nitro benzene ring substituents is 1. The van der Waals surface area contributed by atoms with Crippen LogP contribution in [0.3, 0.4) is 0 Å². The lowest BCUT2D eigenvalue weighted by Crippen LogP contribution is -2.23. The van der Waals surface area contributed by atoms with Gasteiger partial charge in [-0.3, -0.25) is 10.1 Å². The summed E-state index contributed by atoms with van der Waals surface area (Å²) in [5.74, 6) is 0.533. The van der Waals surface area contributed by atoms with E-state index < -0.39 is 11.0 Å². The minimum Gasteiger partial charge on any atom is -0.491 e. The normalized spacial score (nSPS) is 12.1. The van der Waals surface area contributed by atoms with Crippen molar-refractivity contribution in [1.29, 1.82) is 0 Å². The van der Waals surface area contributed by atoms with Gasteiger partial charge in [0.1, 0.15) is 18.5 Å². The SMILES string of the molecule is Cc1cc([N+](=O)[O-])c(C)cc1OCC(O)COCc1cccs1. The summed E-state index contributed by atoms with van der Waals surface area (Å²) in [7, 11) is 0. The van der Waals surface area contributed by atoms with Gasteiger partial charge in [-0.1, -0.05) is 6.07 Å². The number of thiophene rings is 1. The van der Waals surface area contributed by atoms with Gasteiger partial charge in [0, 0.05) is 16.5 Å². The smallest absolute Gasteiger partial charge is 0.272 e. The minimum absolute atomic E-state index is 0.0645. The van der Waals surface area contributed by atoms with Crippen LogP contribution in [0.4, 0.5) is 5.69 Å². The second kappa shape index (κ2) is 8.05. The van der Waals surface area contributed by atoms with Gasteiger partial charge in [0.2, 0.25) is 0 Å². The van der Waals surface area contributed by atoms with E-state index in [-0.39, 0.29) is 18.9 Å². The molecule has 0 saturated heterocycles. The molecule has 0 spiro atoms. The van der Waals surface area contributed by atoms with Gasteiger partial charge in [-0.05, 0) is 36.9 Å². The maximum absolute atomic E-state index is 10.9. The molecule has 0 amide bonds. The van der Waals surface area contributed by atoms with Crippen molar-refractivity contribution in [3.63, 3.8) is 0 Å². The third-order valence-corrected chi connectivity index (χ3v) is 4.11. The molecule has 7 heteroatoms. The van der Waals surface area contributed by atoms with Gasteiger partial charge in [-0.25, -0.2) is 0 Å². The number of hydrogen-bond donors (Lipinski definition) is 1. The van der Waals surface area contributed by atoms with Crippen LogP contribution >= 0.6 is 11.3 Å². The number of aliphatic hydroxyl groups excluding tert-OH is 1. The Balaban J connectivity index is 1.83. The van der Waals surface area contributed by atoms with Crippen LogP contribution in [0.2, 0.25) is 0 Å². The van der Waals surface area contributed by atoms with Gasteiger partial charge in [0.25, 0.3) is 5.69 Å². The first kappa shape index (κ1) is 17.4. The Bertz CT molecular complexity index is 657. The summed E-state index contributed by atoms with van der Waals surface area (Å²) in [5, 5.41) is 22.7. The van der Waals surface area contributed by atoms with E-state index >= 15 is 0 Å². The number of benzene rings is 1. The quantitative estimate of drug-likeness (QED) is 0.591. The monoisotopic (exact) mass is 337 g/mol. The van der Waals surface area contributed by atoms with Crippen LogP contribution in [0, 0.1) is 24.0 Å². The number of aliphatic hydroxyl groups is 1. The van der Waals surface area contributed by atoms with Gasteiger partial charge in [0.05, 0.1) is 18.1 Å². The summed E-state index contributed by atoms with van der Waals surface area (Å²) in [6.07, 6.45) is -0.759. The molecule has 0 saturated carbocycles. The van der Waals surface area contributed by atoms with Gasteiger partial charge < -0.3 is 14.6 Å². The van der Waals surface area contributed by atoms with E-state index in [4.69, 9.17) is 9.47 Å². The Morgan fingerprint density at radius 1 is 1.30 bits per heavy atom. The van der Waals surface area contributed by atoms with Crippen LogP contribution in [-0.2, 0) is 11.3 Å². The van der Waals surface area contributed by atoms with Crippen molar-refractivity contribution in [3.05, 3.63) is 55.8 Å². The average molecular weight is 337 g/mol. The minimum atomic E-state index is -0.759. The van der Waals surface area contributed by atoms with Crippen molar-refractivity contribution in [2.24, 2.45) is 0 Å². The molecule has 2 aromatic rings. The van der Waals surface area contributed by atoms with Crippen molar-refractivity contribution in [2.45, 2.75) is 26.6 Å². The van der Waals surface area contributed by atoms with Crippen LogP contribution in [0.15, 0.2) is 29.6 Å². The van der Waals surface area contributed by atoms with Crippen LogP contribution < -0.4 is 4.74 Å². The predicted octanol–water partition coefficient (Wildman–Crippen LogP) is 3.23. The molecule has 0 aliphatic rings. The number of aryl methyl sites for hydroxylation is 2. The second-order valence-electron chi connectivity index (χ2n) is 5.22.